The van der Waals surface area contributed by atoms with E-state index in [0.717, 1.165) is 5.56 Å². The van der Waals surface area contributed by atoms with E-state index in [9.17, 15) is 0 Å². The molecule has 0 amide bonds. The molecule has 0 heterocycles. The molecule has 0 aliphatic rings. The fraction of sp³-hybridized carbons (Fsp3) is 0.125. The summed E-state index contributed by atoms with van der Waals surface area (Å²) in [5.41, 5.74) is 0.891. The molecule has 0 bridgehead atoms. The molecule has 62 valence electrons. The number of hydrogen-bond donors (Lipinski definition) is 0. The van der Waals surface area contributed by atoms with Gasteiger partial charge < -0.3 is 0 Å². The molecule has 0 atom stereocenters. The number of hydrogen-bond acceptors (Lipinski definition) is 1. The minimum atomic E-state index is -0.0609. The van der Waals surface area contributed by atoms with E-state index in [2.05, 4.69) is 4.97 Å². The first-order valence-electron chi connectivity index (χ1n) is 3.19. The van der Waals surface area contributed by atoms with Gasteiger partial charge in [0.25, 0.3) is 0 Å². The van der Waals surface area contributed by atoms with Gasteiger partial charge in [0.2, 0.25) is 0 Å². The maximum absolute atomic E-state index is 8.40. The predicted molar refractivity (Wildman–Crippen MR) is 51.5 cm³/mol. The molecule has 0 aliphatic carbocycles. The molecule has 0 radical (unpaired) electrons. The van der Waals surface area contributed by atoms with Gasteiger partial charge in [0.15, 0.2) is 0 Å². The Hall–Kier alpha value is -0.191. The molecule has 0 saturated heterocycles. The van der Waals surface area contributed by atoms with E-state index in [1.165, 1.54) is 0 Å². The third kappa shape index (κ3) is 2.40. The van der Waals surface area contributed by atoms with Crippen LogP contribution in [0.5, 0.6) is 0 Å². The first-order chi connectivity index (χ1) is 5.75. The molecule has 1 nitrogen and oxygen atoms in total. The predicted octanol–water partition coefficient (Wildman–Crippen LogP) is 2.68. The summed E-state index contributed by atoms with van der Waals surface area (Å²) in [7, 11) is 0. The van der Waals surface area contributed by atoms with E-state index in [-0.39, 0.29) is 15.0 Å². The molecule has 0 saturated carbocycles. The Morgan fingerprint density at radius 3 is 2.42 bits per heavy atom. The molecule has 12 heavy (non-hydrogen) atoms. The Bertz CT molecular complexity index is 299. The molecule has 0 aliphatic heterocycles. The van der Waals surface area contributed by atoms with Crippen LogP contribution >= 0.6 is 23.2 Å². The average molecular weight is 265 g/mol. The zero-order chi connectivity index (χ0) is 8.97. The normalized spacial score (nSPS) is 9.42. The van der Waals surface area contributed by atoms with E-state index in [4.69, 9.17) is 28.5 Å². The first-order valence-corrected chi connectivity index (χ1v) is 6.02. The maximum atomic E-state index is 8.40. The van der Waals surface area contributed by atoms with Gasteiger partial charge in [0.05, 0.1) is 0 Å². The Kier molecular flexibility index (Phi) is 3.91. The average Bonchev–Trinajstić information content (AvgIpc) is 2.04. The van der Waals surface area contributed by atoms with Crippen molar-refractivity contribution in [1.29, 1.82) is 5.26 Å². The second-order valence-corrected chi connectivity index (χ2v) is 4.49. The van der Waals surface area contributed by atoms with Crippen LogP contribution in [-0.2, 0) is 5.32 Å². The number of nitriles is 1. The molecule has 1 rings (SSSR count). The molecule has 0 aromatic heterocycles. The zero-order valence-corrected chi connectivity index (χ0v) is 9.28. The van der Waals surface area contributed by atoms with Gasteiger partial charge >= 0.3 is 87.5 Å². The van der Waals surface area contributed by atoms with E-state index in [1.54, 1.807) is 18.2 Å². The van der Waals surface area contributed by atoms with Crippen molar-refractivity contribution in [3.63, 3.8) is 0 Å². The zero-order valence-electron chi connectivity index (χ0n) is 6.05. The summed E-state index contributed by atoms with van der Waals surface area (Å²) in [5.74, 6) is 0. The Balaban J connectivity index is 2.90. The van der Waals surface area contributed by atoms with Crippen molar-refractivity contribution in [3.05, 3.63) is 33.8 Å². The Morgan fingerprint density at radius 2 is 1.92 bits per heavy atom. The summed E-state index contributed by atoms with van der Waals surface area (Å²) < 4.78 is 0. The van der Waals surface area contributed by atoms with Crippen LogP contribution in [0, 0.1) is 10.2 Å². The second-order valence-electron chi connectivity index (χ2n) is 2.08. The second kappa shape index (κ2) is 4.74. The number of halogens is 2. The number of benzene rings is 1. The minimum absolute atomic E-state index is 0.0609. The van der Waals surface area contributed by atoms with Crippen molar-refractivity contribution >= 4 is 38.2 Å². The van der Waals surface area contributed by atoms with Gasteiger partial charge in [-0.3, -0.25) is 0 Å². The van der Waals surface area contributed by atoms with Crippen molar-refractivity contribution in [2.24, 2.45) is 0 Å². The van der Waals surface area contributed by atoms with Gasteiger partial charge in [-0.15, -0.1) is 0 Å². The molecule has 0 unspecified atom stereocenters. The van der Waals surface area contributed by atoms with Crippen LogP contribution in [0.15, 0.2) is 18.2 Å². The topological polar surface area (TPSA) is 23.8 Å². The monoisotopic (exact) mass is 265 g/mol. The molecule has 1 aromatic rings. The summed E-state index contributed by atoms with van der Waals surface area (Å²) in [4.78, 5) is 2.12. The fourth-order valence-electron chi connectivity index (χ4n) is 0.775. The molecule has 0 spiro atoms. The van der Waals surface area contributed by atoms with Crippen molar-refractivity contribution in [2.75, 3.05) is 0 Å². The third-order valence-electron chi connectivity index (χ3n) is 1.34. The molecule has 1 aromatic carbocycles. The number of nitrogens with zero attached hydrogens (tertiary/aromatic N) is 1. The van der Waals surface area contributed by atoms with Crippen LogP contribution in [0.3, 0.4) is 0 Å². The summed E-state index contributed by atoms with van der Waals surface area (Å²) in [5, 5.41) is 10.4. The summed E-state index contributed by atoms with van der Waals surface area (Å²) >= 11 is 11.7. The first kappa shape index (κ1) is 9.89. The molecular weight excluding hydrogens is 260 g/mol. The van der Waals surface area contributed by atoms with Crippen molar-refractivity contribution < 1.29 is 0 Å². The molecular formula is C8H5Cl2NSe. The van der Waals surface area contributed by atoms with Gasteiger partial charge in [-0.05, 0) is 0 Å². The van der Waals surface area contributed by atoms with Crippen LogP contribution in [0.25, 0.3) is 0 Å². The van der Waals surface area contributed by atoms with Gasteiger partial charge in [-0.2, -0.15) is 0 Å². The van der Waals surface area contributed by atoms with Crippen LogP contribution in [0.2, 0.25) is 10.0 Å². The van der Waals surface area contributed by atoms with E-state index >= 15 is 0 Å². The van der Waals surface area contributed by atoms with Crippen LogP contribution in [-0.4, -0.2) is 15.0 Å². The molecule has 0 N–H and O–H groups in total. The SMILES string of the molecule is N#C[Se]Cc1c(Cl)cccc1Cl. The number of rotatable bonds is 2. The Morgan fingerprint density at radius 1 is 1.33 bits per heavy atom. The molecule has 0 fully saturated rings. The van der Waals surface area contributed by atoms with Crippen molar-refractivity contribution in [2.45, 2.75) is 5.32 Å². The van der Waals surface area contributed by atoms with Crippen molar-refractivity contribution in [1.82, 2.24) is 0 Å². The third-order valence-corrected chi connectivity index (χ3v) is 3.23. The van der Waals surface area contributed by atoms with Gasteiger partial charge in [0, 0.05) is 0 Å². The Labute approximate surface area is 87.4 Å². The van der Waals surface area contributed by atoms with E-state index in [1.807, 2.05) is 0 Å². The quantitative estimate of drug-likeness (QED) is 0.754. The summed E-state index contributed by atoms with van der Waals surface area (Å²) in [6.07, 6.45) is 0. The van der Waals surface area contributed by atoms with Crippen LogP contribution in [0.4, 0.5) is 0 Å². The summed E-state index contributed by atoms with van der Waals surface area (Å²) in [6.45, 7) is 0. The van der Waals surface area contributed by atoms with Crippen molar-refractivity contribution in [3.8, 4) is 4.97 Å². The fourth-order valence-corrected chi connectivity index (χ4v) is 2.76. The summed E-state index contributed by atoms with van der Waals surface area (Å²) in [6, 6.07) is 5.37. The van der Waals surface area contributed by atoms with Gasteiger partial charge in [-0.1, -0.05) is 0 Å². The van der Waals surface area contributed by atoms with Crippen LogP contribution < -0.4 is 0 Å². The van der Waals surface area contributed by atoms with E-state index < -0.39 is 0 Å². The van der Waals surface area contributed by atoms with Gasteiger partial charge in [-0.25, -0.2) is 0 Å². The standard InChI is InChI=1S/C8H5Cl2NSe/c9-7-2-1-3-8(10)6(7)4-12-5-11/h1-3H,4H2. The van der Waals surface area contributed by atoms with Gasteiger partial charge in [0.1, 0.15) is 0 Å². The van der Waals surface area contributed by atoms with Crippen LogP contribution in [0.1, 0.15) is 5.56 Å². The molecule has 4 heteroatoms. The van der Waals surface area contributed by atoms with E-state index in [0.29, 0.717) is 15.4 Å².